The molecule has 0 atom stereocenters. The SMILES string of the molecule is O=C(CNc1ccccc1)N/N=C\c1ccc(N2CCCCCC2)cc1. The van der Waals surface area contributed by atoms with Crippen LogP contribution in [0.1, 0.15) is 31.2 Å². The van der Waals surface area contributed by atoms with Gasteiger partial charge in [0.25, 0.3) is 5.91 Å². The van der Waals surface area contributed by atoms with Gasteiger partial charge in [-0.3, -0.25) is 4.79 Å². The summed E-state index contributed by atoms with van der Waals surface area (Å²) in [5.41, 5.74) is 5.69. The molecule has 0 saturated carbocycles. The van der Waals surface area contributed by atoms with Gasteiger partial charge < -0.3 is 10.2 Å². The number of hydrazone groups is 1. The van der Waals surface area contributed by atoms with E-state index in [4.69, 9.17) is 0 Å². The molecule has 0 aromatic heterocycles. The van der Waals surface area contributed by atoms with E-state index in [9.17, 15) is 4.79 Å². The van der Waals surface area contributed by atoms with Crippen LogP contribution in [0, 0.1) is 0 Å². The highest BCUT2D eigenvalue weighted by Gasteiger charge is 2.09. The minimum absolute atomic E-state index is 0.175. The van der Waals surface area contributed by atoms with E-state index in [2.05, 4.69) is 32.9 Å². The summed E-state index contributed by atoms with van der Waals surface area (Å²) in [5.74, 6) is -0.175. The predicted octanol–water partition coefficient (Wildman–Crippen LogP) is 3.63. The second-order valence-electron chi connectivity index (χ2n) is 6.51. The maximum Gasteiger partial charge on any atom is 0.259 e. The zero-order valence-electron chi connectivity index (χ0n) is 15.0. The van der Waals surface area contributed by atoms with Crippen LogP contribution in [-0.4, -0.2) is 31.8 Å². The van der Waals surface area contributed by atoms with Gasteiger partial charge in [-0.05, 0) is 42.7 Å². The molecule has 5 heteroatoms. The Bertz CT molecular complexity index is 705. The molecule has 1 heterocycles. The molecule has 0 aliphatic carbocycles. The standard InChI is InChI=1S/C21H26N4O/c26-21(17-22-19-8-4-3-5-9-19)24-23-16-18-10-12-20(13-11-18)25-14-6-1-2-7-15-25/h3-5,8-13,16,22H,1-2,6-7,14-15,17H2,(H,24,26)/b23-16-. The minimum Gasteiger partial charge on any atom is -0.376 e. The van der Waals surface area contributed by atoms with E-state index in [1.54, 1.807) is 6.21 Å². The summed E-state index contributed by atoms with van der Waals surface area (Å²) in [6.45, 7) is 2.46. The maximum absolute atomic E-state index is 11.8. The lowest BCUT2D eigenvalue weighted by Crippen LogP contribution is -2.25. The van der Waals surface area contributed by atoms with Gasteiger partial charge in [0.2, 0.25) is 0 Å². The highest BCUT2D eigenvalue weighted by Crippen LogP contribution is 2.19. The van der Waals surface area contributed by atoms with Gasteiger partial charge in [-0.25, -0.2) is 5.43 Å². The average Bonchev–Trinajstić information content (AvgIpc) is 2.97. The van der Waals surface area contributed by atoms with Crippen molar-refractivity contribution in [1.82, 2.24) is 5.43 Å². The molecule has 1 saturated heterocycles. The summed E-state index contributed by atoms with van der Waals surface area (Å²) in [6, 6.07) is 18.0. The first-order valence-corrected chi connectivity index (χ1v) is 9.27. The zero-order chi connectivity index (χ0) is 18.0. The monoisotopic (exact) mass is 350 g/mol. The van der Waals surface area contributed by atoms with Crippen molar-refractivity contribution in [3.8, 4) is 0 Å². The van der Waals surface area contributed by atoms with E-state index < -0.39 is 0 Å². The lowest BCUT2D eigenvalue weighted by atomic mass is 10.2. The third kappa shape index (κ3) is 5.62. The number of nitrogens with zero attached hydrogens (tertiary/aromatic N) is 2. The number of nitrogens with one attached hydrogen (secondary N) is 2. The van der Waals surface area contributed by atoms with Crippen LogP contribution < -0.4 is 15.6 Å². The quantitative estimate of drug-likeness (QED) is 0.618. The zero-order valence-corrected chi connectivity index (χ0v) is 15.0. The Balaban J connectivity index is 1.45. The smallest absolute Gasteiger partial charge is 0.259 e. The fraction of sp³-hybridized carbons (Fsp3) is 0.333. The van der Waals surface area contributed by atoms with E-state index in [0.717, 1.165) is 24.3 Å². The average molecular weight is 350 g/mol. The second-order valence-corrected chi connectivity index (χ2v) is 6.51. The first-order chi connectivity index (χ1) is 12.8. The molecule has 136 valence electrons. The summed E-state index contributed by atoms with van der Waals surface area (Å²) in [5, 5.41) is 7.08. The first-order valence-electron chi connectivity index (χ1n) is 9.27. The van der Waals surface area contributed by atoms with Crippen LogP contribution in [0.15, 0.2) is 59.7 Å². The van der Waals surface area contributed by atoms with Gasteiger partial charge in [-0.2, -0.15) is 5.10 Å². The number of anilines is 2. The molecule has 0 spiro atoms. The molecule has 3 rings (SSSR count). The van der Waals surface area contributed by atoms with Gasteiger partial charge in [0.15, 0.2) is 0 Å². The molecule has 1 aliphatic heterocycles. The van der Waals surface area contributed by atoms with Crippen LogP contribution in [0.2, 0.25) is 0 Å². The van der Waals surface area contributed by atoms with Crippen molar-refractivity contribution in [3.05, 3.63) is 60.2 Å². The number of hydrogen-bond acceptors (Lipinski definition) is 4. The van der Waals surface area contributed by atoms with Crippen molar-refractivity contribution in [1.29, 1.82) is 0 Å². The Hall–Kier alpha value is -2.82. The third-order valence-corrected chi connectivity index (χ3v) is 4.49. The predicted molar refractivity (Wildman–Crippen MR) is 108 cm³/mol. The van der Waals surface area contributed by atoms with Gasteiger partial charge >= 0.3 is 0 Å². The fourth-order valence-electron chi connectivity index (χ4n) is 3.06. The largest absolute Gasteiger partial charge is 0.376 e. The lowest BCUT2D eigenvalue weighted by molar-refractivity contribution is -0.119. The van der Waals surface area contributed by atoms with Crippen molar-refractivity contribution in [2.45, 2.75) is 25.7 Å². The topological polar surface area (TPSA) is 56.7 Å². The van der Waals surface area contributed by atoms with Crippen LogP contribution >= 0.6 is 0 Å². The molecule has 1 amide bonds. The van der Waals surface area contributed by atoms with Gasteiger partial charge in [-0.1, -0.05) is 43.2 Å². The van der Waals surface area contributed by atoms with Crippen molar-refractivity contribution < 1.29 is 4.79 Å². The maximum atomic E-state index is 11.8. The van der Waals surface area contributed by atoms with E-state index in [1.165, 1.54) is 31.4 Å². The first kappa shape index (κ1) is 18.0. The van der Waals surface area contributed by atoms with Crippen LogP contribution in [0.3, 0.4) is 0 Å². The van der Waals surface area contributed by atoms with E-state index in [-0.39, 0.29) is 12.5 Å². The molecular formula is C21H26N4O. The van der Waals surface area contributed by atoms with Gasteiger partial charge in [-0.15, -0.1) is 0 Å². The molecule has 0 radical (unpaired) electrons. The van der Waals surface area contributed by atoms with Crippen LogP contribution in [-0.2, 0) is 4.79 Å². The summed E-state index contributed by atoms with van der Waals surface area (Å²) in [6.07, 6.45) is 6.88. The molecular weight excluding hydrogens is 324 g/mol. The summed E-state index contributed by atoms with van der Waals surface area (Å²) < 4.78 is 0. The highest BCUT2D eigenvalue weighted by atomic mass is 16.2. The summed E-state index contributed by atoms with van der Waals surface area (Å²) >= 11 is 0. The Labute approximate surface area is 155 Å². The van der Waals surface area contributed by atoms with Gasteiger partial charge in [0, 0.05) is 24.5 Å². The van der Waals surface area contributed by atoms with E-state index in [0.29, 0.717) is 0 Å². The number of carbonyl (C=O) groups excluding carboxylic acids is 1. The number of carbonyl (C=O) groups is 1. The van der Waals surface area contributed by atoms with Crippen LogP contribution in [0.5, 0.6) is 0 Å². The minimum atomic E-state index is -0.175. The Morgan fingerprint density at radius 3 is 2.35 bits per heavy atom. The normalized spacial score (nSPS) is 14.8. The van der Waals surface area contributed by atoms with Crippen LogP contribution in [0.25, 0.3) is 0 Å². The Kier molecular flexibility index (Phi) is 6.65. The van der Waals surface area contributed by atoms with E-state index >= 15 is 0 Å². The molecule has 1 fully saturated rings. The fourth-order valence-corrected chi connectivity index (χ4v) is 3.06. The third-order valence-electron chi connectivity index (χ3n) is 4.49. The molecule has 0 bridgehead atoms. The van der Waals surface area contributed by atoms with Crippen molar-refractivity contribution in [2.24, 2.45) is 5.10 Å². The summed E-state index contributed by atoms with van der Waals surface area (Å²) in [7, 11) is 0. The number of para-hydroxylation sites is 1. The Morgan fingerprint density at radius 1 is 0.962 bits per heavy atom. The second kappa shape index (κ2) is 9.61. The number of rotatable bonds is 6. The van der Waals surface area contributed by atoms with Gasteiger partial charge in [0.05, 0.1) is 12.8 Å². The molecule has 1 aliphatic rings. The molecule has 5 nitrogen and oxygen atoms in total. The van der Waals surface area contributed by atoms with E-state index in [1.807, 2.05) is 42.5 Å². The lowest BCUT2D eigenvalue weighted by Gasteiger charge is -2.22. The molecule has 0 unspecified atom stereocenters. The molecule has 2 aromatic carbocycles. The molecule has 2 aromatic rings. The number of amides is 1. The summed E-state index contributed by atoms with van der Waals surface area (Å²) in [4.78, 5) is 14.3. The number of hydrogen-bond donors (Lipinski definition) is 2. The number of benzene rings is 2. The molecule has 26 heavy (non-hydrogen) atoms. The van der Waals surface area contributed by atoms with Crippen molar-refractivity contribution >= 4 is 23.5 Å². The van der Waals surface area contributed by atoms with Crippen molar-refractivity contribution in [2.75, 3.05) is 29.9 Å². The highest BCUT2D eigenvalue weighted by molar-refractivity contribution is 5.84. The Morgan fingerprint density at radius 2 is 1.65 bits per heavy atom. The van der Waals surface area contributed by atoms with Crippen molar-refractivity contribution in [3.63, 3.8) is 0 Å². The van der Waals surface area contributed by atoms with Gasteiger partial charge in [0.1, 0.15) is 0 Å². The van der Waals surface area contributed by atoms with Crippen LogP contribution in [0.4, 0.5) is 11.4 Å². The molecule has 2 N–H and O–H groups in total.